The largest absolute Gasteiger partial charge is 0.399 e. The van der Waals surface area contributed by atoms with E-state index in [0.717, 1.165) is 4.47 Å². The van der Waals surface area contributed by atoms with Gasteiger partial charge in [-0.2, -0.15) is 4.98 Å². The van der Waals surface area contributed by atoms with Crippen LogP contribution in [-0.4, -0.2) is 15.1 Å². The van der Waals surface area contributed by atoms with Crippen LogP contribution >= 0.6 is 27.5 Å². The van der Waals surface area contributed by atoms with Crippen molar-refractivity contribution in [2.45, 2.75) is 0 Å². The molecule has 3 rings (SSSR count). The maximum Gasteiger partial charge on any atom is 0.259 e. The molecule has 0 unspecified atom stereocenters. The second kappa shape index (κ2) is 5.22. The Labute approximate surface area is 127 Å². The minimum atomic E-state index is 0.301. The van der Waals surface area contributed by atoms with Gasteiger partial charge >= 0.3 is 0 Å². The molecule has 1 aromatic carbocycles. The molecule has 0 amide bonds. The zero-order valence-corrected chi connectivity index (χ0v) is 12.4. The standard InChI is InChI=1S/C13H8BrClN4O/c14-9-2-1-5-17-11(9)12-18-13(20-19-12)8-6-7(16)3-4-10(8)15/h1-6H,16H2. The van der Waals surface area contributed by atoms with Crippen molar-refractivity contribution in [1.29, 1.82) is 0 Å². The highest BCUT2D eigenvalue weighted by Crippen LogP contribution is 2.31. The Hall–Kier alpha value is -1.92. The van der Waals surface area contributed by atoms with Crippen molar-refractivity contribution in [2.24, 2.45) is 0 Å². The first kappa shape index (κ1) is 13.1. The van der Waals surface area contributed by atoms with E-state index in [9.17, 15) is 0 Å². The first-order valence-electron chi connectivity index (χ1n) is 5.65. The Morgan fingerprint density at radius 2 is 2.10 bits per heavy atom. The lowest BCUT2D eigenvalue weighted by Gasteiger charge is -1.99. The summed E-state index contributed by atoms with van der Waals surface area (Å²) in [7, 11) is 0. The fourth-order valence-electron chi connectivity index (χ4n) is 1.69. The van der Waals surface area contributed by atoms with Crippen LogP contribution in [0.2, 0.25) is 5.02 Å². The smallest absolute Gasteiger partial charge is 0.259 e. The number of halogens is 2. The second-order valence-electron chi connectivity index (χ2n) is 4.00. The molecule has 20 heavy (non-hydrogen) atoms. The Morgan fingerprint density at radius 3 is 2.90 bits per heavy atom. The molecule has 5 nitrogen and oxygen atoms in total. The average molecular weight is 352 g/mol. The summed E-state index contributed by atoms with van der Waals surface area (Å²) in [6, 6.07) is 8.74. The quantitative estimate of drug-likeness (QED) is 0.711. The highest BCUT2D eigenvalue weighted by molar-refractivity contribution is 9.10. The molecule has 0 aliphatic rings. The van der Waals surface area contributed by atoms with Crippen LogP contribution in [-0.2, 0) is 0 Å². The van der Waals surface area contributed by atoms with E-state index in [4.69, 9.17) is 21.9 Å². The molecule has 0 atom stereocenters. The summed E-state index contributed by atoms with van der Waals surface area (Å²) in [4.78, 5) is 8.51. The fraction of sp³-hybridized carbons (Fsp3) is 0. The summed E-state index contributed by atoms with van der Waals surface area (Å²) < 4.78 is 6.02. The number of nitrogens with two attached hydrogens (primary N) is 1. The predicted molar refractivity (Wildman–Crippen MR) is 80.1 cm³/mol. The molecule has 0 saturated heterocycles. The molecule has 0 aliphatic heterocycles. The molecule has 0 bridgehead atoms. The van der Waals surface area contributed by atoms with Crippen LogP contribution in [0.3, 0.4) is 0 Å². The van der Waals surface area contributed by atoms with E-state index in [1.165, 1.54) is 0 Å². The van der Waals surface area contributed by atoms with Crippen LogP contribution in [0.4, 0.5) is 5.69 Å². The van der Waals surface area contributed by atoms with E-state index in [0.29, 0.717) is 33.7 Å². The van der Waals surface area contributed by atoms with Gasteiger partial charge in [-0.25, -0.2) is 0 Å². The van der Waals surface area contributed by atoms with Gasteiger partial charge in [0.2, 0.25) is 5.82 Å². The highest BCUT2D eigenvalue weighted by Gasteiger charge is 2.16. The Balaban J connectivity index is 2.07. The van der Waals surface area contributed by atoms with Crippen LogP contribution in [0.1, 0.15) is 0 Å². The Bertz CT molecular complexity index is 775. The number of rotatable bonds is 2. The lowest BCUT2D eigenvalue weighted by molar-refractivity contribution is 0.432. The molecule has 2 aromatic heterocycles. The third-order valence-electron chi connectivity index (χ3n) is 2.62. The Kier molecular flexibility index (Phi) is 3.42. The highest BCUT2D eigenvalue weighted by atomic mass is 79.9. The van der Waals surface area contributed by atoms with Gasteiger partial charge in [0.1, 0.15) is 5.69 Å². The van der Waals surface area contributed by atoms with Gasteiger partial charge in [0.25, 0.3) is 5.89 Å². The number of hydrogen-bond donors (Lipinski definition) is 1. The van der Waals surface area contributed by atoms with Crippen molar-refractivity contribution < 1.29 is 4.52 Å². The molecule has 3 aromatic rings. The van der Waals surface area contributed by atoms with Crippen LogP contribution in [0.5, 0.6) is 0 Å². The first-order chi connectivity index (χ1) is 9.65. The van der Waals surface area contributed by atoms with Crippen molar-refractivity contribution >= 4 is 33.2 Å². The maximum atomic E-state index is 6.11. The number of nitrogens with zero attached hydrogens (tertiary/aromatic N) is 3. The Morgan fingerprint density at radius 1 is 1.25 bits per heavy atom. The monoisotopic (exact) mass is 350 g/mol. The van der Waals surface area contributed by atoms with Gasteiger partial charge in [0, 0.05) is 16.4 Å². The van der Waals surface area contributed by atoms with Gasteiger partial charge in [-0.1, -0.05) is 16.8 Å². The minimum Gasteiger partial charge on any atom is -0.399 e. The molecule has 0 saturated carbocycles. The van der Waals surface area contributed by atoms with Gasteiger partial charge in [-0.15, -0.1) is 0 Å². The molecular formula is C13H8BrClN4O. The van der Waals surface area contributed by atoms with E-state index in [-0.39, 0.29) is 0 Å². The average Bonchev–Trinajstić information content (AvgIpc) is 2.91. The summed E-state index contributed by atoms with van der Waals surface area (Å²) in [5.41, 5.74) is 7.51. The molecule has 7 heteroatoms. The van der Waals surface area contributed by atoms with Crippen molar-refractivity contribution in [2.75, 3.05) is 5.73 Å². The SMILES string of the molecule is Nc1ccc(Cl)c(-c2nc(-c3ncccc3Br)no2)c1. The molecule has 0 radical (unpaired) electrons. The number of hydrogen-bond acceptors (Lipinski definition) is 5. The summed E-state index contributed by atoms with van der Waals surface area (Å²) in [6.07, 6.45) is 1.66. The third-order valence-corrected chi connectivity index (χ3v) is 3.59. The van der Waals surface area contributed by atoms with Crippen molar-refractivity contribution in [3.8, 4) is 23.0 Å². The molecule has 0 spiro atoms. The van der Waals surface area contributed by atoms with Crippen molar-refractivity contribution in [3.05, 3.63) is 46.0 Å². The fourth-order valence-corrected chi connectivity index (χ4v) is 2.32. The van der Waals surface area contributed by atoms with E-state index < -0.39 is 0 Å². The van der Waals surface area contributed by atoms with Crippen LogP contribution in [0.25, 0.3) is 23.0 Å². The molecule has 0 fully saturated rings. The normalized spacial score (nSPS) is 10.7. The number of nitrogen functional groups attached to an aromatic ring is 1. The van der Waals surface area contributed by atoms with Crippen LogP contribution in [0.15, 0.2) is 45.5 Å². The second-order valence-corrected chi connectivity index (χ2v) is 5.26. The molecule has 0 aliphatic carbocycles. The van der Waals surface area contributed by atoms with Crippen molar-refractivity contribution in [1.82, 2.24) is 15.1 Å². The zero-order valence-electron chi connectivity index (χ0n) is 10.0. The number of pyridine rings is 1. The predicted octanol–water partition coefficient (Wildman–Crippen LogP) is 3.80. The summed E-state index contributed by atoms with van der Waals surface area (Å²) in [6.45, 7) is 0. The first-order valence-corrected chi connectivity index (χ1v) is 6.82. The number of aromatic nitrogens is 3. The zero-order chi connectivity index (χ0) is 14.1. The molecule has 100 valence electrons. The summed E-state index contributed by atoms with van der Waals surface area (Å²) >= 11 is 9.50. The molecule has 2 heterocycles. The van der Waals surface area contributed by atoms with Crippen LogP contribution in [0, 0.1) is 0 Å². The maximum absolute atomic E-state index is 6.11. The van der Waals surface area contributed by atoms with Gasteiger partial charge in [-0.05, 0) is 46.3 Å². The number of anilines is 1. The molecular weight excluding hydrogens is 344 g/mol. The topological polar surface area (TPSA) is 77.8 Å². The van der Waals surface area contributed by atoms with Gasteiger partial charge in [-0.3, -0.25) is 4.98 Å². The van der Waals surface area contributed by atoms with E-state index in [2.05, 4.69) is 31.1 Å². The van der Waals surface area contributed by atoms with E-state index in [1.807, 2.05) is 12.1 Å². The lowest BCUT2D eigenvalue weighted by atomic mass is 10.2. The summed E-state index contributed by atoms with van der Waals surface area (Å²) in [5.74, 6) is 0.681. The minimum absolute atomic E-state index is 0.301. The third kappa shape index (κ3) is 2.39. The van der Waals surface area contributed by atoms with Gasteiger partial charge in [0.15, 0.2) is 0 Å². The lowest BCUT2D eigenvalue weighted by Crippen LogP contribution is -1.88. The van der Waals surface area contributed by atoms with Gasteiger partial charge < -0.3 is 10.3 Å². The van der Waals surface area contributed by atoms with Crippen molar-refractivity contribution in [3.63, 3.8) is 0 Å². The number of benzene rings is 1. The van der Waals surface area contributed by atoms with E-state index in [1.54, 1.807) is 24.4 Å². The van der Waals surface area contributed by atoms with Crippen LogP contribution < -0.4 is 5.73 Å². The molecule has 2 N–H and O–H groups in total. The summed E-state index contributed by atoms with van der Waals surface area (Å²) in [5, 5.41) is 4.41. The van der Waals surface area contributed by atoms with Gasteiger partial charge in [0.05, 0.1) is 10.6 Å². The van der Waals surface area contributed by atoms with E-state index >= 15 is 0 Å².